The first kappa shape index (κ1) is 14.8. The molecule has 19 heavy (non-hydrogen) atoms. The minimum Gasteiger partial charge on any atom is -0.391 e. The Kier molecular flexibility index (Phi) is 4.87. The van der Waals surface area contributed by atoms with Gasteiger partial charge in [-0.25, -0.2) is 0 Å². The fourth-order valence-electron chi connectivity index (χ4n) is 2.90. The van der Waals surface area contributed by atoms with Gasteiger partial charge in [0.05, 0.1) is 18.2 Å². The van der Waals surface area contributed by atoms with Crippen molar-refractivity contribution in [1.82, 2.24) is 0 Å². The maximum Gasteiger partial charge on any atom is 0.0782 e. The molecule has 0 spiro atoms. The number of hydrogen-bond acceptors (Lipinski definition) is 3. The molecule has 0 bridgehead atoms. The molecule has 0 aromatic heterocycles. The normalized spacial score (nSPS) is 25.1. The van der Waals surface area contributed by atoms with Gasteiger partial charge < -0.3 is 15.1 Å². The van der Waals surface area contributed by atoms with Gasteiger partial charge in [0.1, 0.15) is 0 Å². The van der Waals surface area contributed by atoms with Crippen LogP contribution in [0.1, 0.15) is 44.3 Å². The van der Waals surface area contributed by atoms with E-state index in [1.165, 1.54) is 0 Å². The SMILES string of the molecule is CC(O)c1ccc(Br)cc1N(C)C1CCCCC1O. The highest BCUT2D eigenvalue weighted by Crippen LogP contribution is 2.33. The molecule has 0 saturated heterocycles. The van der Waals surface area contributed by atoms with Gasteiger partial charge in [-0.15, -0.1) is 0 Å². The van der Waals surface area contributed by atoms with Crippen molar-refractivity contribution in [2.24, 2.45) is 0 Å². The molecule has 0 radical (unpaired) electrons. The second-order valence-corrected chi connectivity index (χ2v) is 6.32. The molecule has 0 amide bonds. The van der Waals surface area contributed by atoms with E-state index in [1.807, 2.05) is 25.2 Å². The highest BCUT2D eigenvalue weighted by Gasteiger charge is 2.28. The zero-order valence-corrected chi connectivity index (χ0v) is 13.1. The van der Waals surface area contributed by atoms with Crippen LogP contribution in [0.4, 0.5) is 5.69 Å². The van der Waals surface area contributed by atoms with E-state index in [2.05, 4.69) is 20.8 Å². The summed E-state index contributed by atoms with van der Waals surface area (Å²) in [7, 11) is 2.01. The summed E-state index contributed by atoms with van der Waals surface area (Å²) in [6.07, 6.45) is 3.35. The van der Waals surface area contributed by atoms with Gasteiger partial charge in [-0.1, -0.05) is 34.8 Å². The molecule has 1 aromatic carbocycles. The second-order valence-electron chi connectivity index (χ2n) is 5.41. The minimum absolute atomic E-state index is 0.139. The van der Waals surface area contributed by atoms with Crippen molar-refractivity contribution in [3.05, 3.63) is 28.2 Å². The summed E-state index contributed by atoms with van der Waals surface area (Å²) in [6, 6.07) is 6.04. The Morgan fingerprint density at radius 3 is 2.63 bits per heavy atom. The van der Waals surface area contributed by atoms with Gasteiger partial charge in [0, 0.05) is 22.8 Å². The Balaban J connectivity index is 2.31. The molecule has 1 aromatic rings. The summed E-state index contributed by atoms with van der Waals surface area (Å²) in [4.78, 5) is 2.12. The summed E-state index contributed by atoms with van der Waals surface area (Å²) in [6.45, 7) is 1.78. The summed E-state index contributed by atoms with van der Waals surface area (Å²) >= 11 is 3.48. The molecule has 1 fully saturated rings. The summed E-state index contributed by atoms with van der Waals surface area (Å²) < 4.78 is 0.990. The Labute approximate surface area is 123 Å². The van der Waals surface area contributed by atoms with Crippen molar-refractivity contribution < 1.29 is 10.2 Å². The summed E-state index contributed by atoms with van der Waals surface area (Å²) in [5, 5.41) is 20.1. The quantitative estimate of drug-likeness (QED) is 0.895. The van der Waals surface area contributed by atoms with E-state index in [4.69, 9.17) is 0 Å². The van der Waals surface area contributed by atoms with E-state index < -0.39 is 6.10 Å². The number of aliphatic hydroxyl groups is 2. The number of nitrogens with zero attached hydrogens (tertiary/aromatic N) is 1. The fraction of sp³-hybridized carbons (Fsp3) is 0.600. The van der Waals surface area contributed by atoms with Crippen LogP contribution in [0.25, 0.3) is 0 Å². The summed E-state index contributed by atoms with van der Waals surface area (Å²) in [5.41, 5.74) is 1.90. The van der Waals surface area contributed by atoms with Crippen LogP contribution >= 0.6 is 15.9 Å². The van der Waals surface area contributed by atoms with Gasteiger partial charge in [-0.3, -0.25) is 0 Å². The molecular weight excluding hydrogens is 306 g/mol. The average Bonchev–Trinajstić information content (AvgIpc) is 2.38. The lowest BCUT2D eigenvalue weighted by atomic mass is 9.91. The van der Waals surface area contributed by atoms with Crippen molar-refractivity contribution >= 4 is 21.6 Å². The molecule has 4 heteroatoms. The predicted molar refractivity (Wildman–Crippen MR) is 81.4 cm³/mol. The van der Waals surface area contributed by atoms with E-state index >= 15 is 0 Å². The molecular formula is C15H22BrNO2. The van der Waals surface area contributed by atoms with Crippen LogP contribution in [-0.4, -0.2) is 29.4 Å². The molecule has 3 unspecified atom stereocenters. The van der Waals surface area contributed by atoms with Crippen LogP contribution in [0.2, 0.25) is 0 Å². The largest absolute Gasteiger partial charge is 0.391 e. The number of likely N-dealkylation sites (N-methyl/N-ethyl adjacent to an activating group) is 1. The number of aliphatic hydroxyl groups excluding tert-OH is 2. The Bertz CT molecular complexity index is 436. The van der Waals surface area contributed by atoms with Crippen LogP contribution in [0.3, 0.4) is 0 Å². The smallest absolute Gasteiger partial charge is 0.0782 e. The van der Waals surface area contributed by atoms with Gasteiger partial charge in [0.2, 0.25) is 0 Å². The molecule has 1 saturated carbocycles. The predicted octanol–water partition coefficient (Wildman–Crippen LogP) is 3.24. The van der Waals surface area contributed by atoms with Gasteiger partial charge >= 0.3 is 0 Å². The first-order chi connectivity index (χ1) is 9.00. The number of halogens is 1. The number of hydrogen-bond donors (Lipinski definition) is 2. The first-order valence-electron chi connectivity index (χ1n) is 6.89. The fourth-order valence-corrected chi connectivity index (χ4v) is 3.25. The number of rotatable bonds is 3. The van der Waals surface area contributed by atoms with Crippen molar-refractivity contribution in [1.29, 1.82) is 0 Å². The first-order valence-corrected chi connectivity index (χ1v) is 7.68. The van der Waals surface area contributed by atoms with Crippen LogP contribution in [0, 0.1) is 0 Å². The van der Waals surface area contributed by atoms with Crippen LogP contribution in [0.5, 0.6) is 0 Å². The van der Waals surface area contributed by atoms with E-state index in [0.717, 1.165) is 41.4 Å². The molecule has 1 aliphatic rings. The summed E-state index contributed by atoms with van der Waals surface area (Å²) in [5.74, 6) is 0. The second kappa shape index (κ2) is 6.25. The minimum atomic E-state index is -0.508. The van der Waals surface area contributed by atoms with Crippen molar-refractivity contribution in [3.8, 4) is 0 Å². The lowest BCUT2D eigenvalue weighted by Crippen LogP contribution is -2.43. The third-order valence-corrected chi connectivity index (χ3v) is 4.51. The van der Waals surface area contributed by atoms with Gasteiger partial charge in [-0.05, 0) is 31.9 Å². The Hall–Kier alpha value is -0.580. The van der Waals surface area contributed by atoms with Gasteiger partial charge in [-0.2, -0.15) is 0 Å². The zero-order chi connectivity index (χ0) is 14.0. The van der Waals surface area contributed by atoms with E-state index in [1.54, 1.807) is 6.92 Å². The molecule has 2 rings (SSSR count). The highest BCUT2D eigenvalue weighted by atomic mass is 79.9. The number of anilines is 1. The average molecular weight is 328 g/mol. The lowest BCUT2D eigenvalue weighted by molar-refractivity contribution is 0.106. The van der Waals surface area contributed by atoms with Crippen molar-refractivity contribution in [3.63, 3.8) is 0 Å². The van der Waals surface area contributed by atoms with Crippen LogP contribution in [-0.2, 0) is 0 Å². The Morgan fingerprint density at radius 1 is 1.32 bits per heavy atom. The van der Waals surface area contributed by atoms with Crippen molar-refractivity contribution in [2.75, 3.05) is 11.9 Å². The van der Waals surface area contributed by atoms with E-state index in [0.29, 0.717) is 0 Å². The molecule has 3 nitrogen and oxygen atoms in total. The number of benzene rings is 1. The standard InChI is InChI=1S/C15H22BrNO2/c1-10(18)12-8-7-11(16)9-14(12)17(2)13-5-3-4-6-15(13)19/h7-10,13,15,18-19H,3-6H2,1-2H3. The zero-order valence-electron chi connectivity index (χ0n) is 11.5. The Morgan fingerprint density at radius 2 is 2.00 bits per heavy atom. The molecule has 106 valence electrons. The van der Waals surface area contributed by atoms with Gasteiger partial charge in [0.25, 0.3) is 0 Å². The van der Waals surface area contributed by atoms with Crippen molar-refractivity contribution in [2.45, 2.75) is 50.9 Å². The van der Waals surface area contributed by atoms with Crippen LogP contribution in [0.15, 0.2) is 22.7 Å². The molecule has 1 aliphatic carbocycles. The lowest BCUT2D eigenvalue weighted by Gasteiger charge is -2.38. The van der Waals surface area contributed by atoms with E-state index in [9.17, 15) is 10.2 Å². The molecule has 3 atom stereocenters. The van der Waals surface area contributed by atoms with E-state index in [-0.39, 0.29) is 12.1 Å². The maximum atomic E-state index is 10.2. The maximum absolute atomic E-state index is 10.2. The molecule has 2 N–H and O–H groups in total. The topological polar surface area (TPSA) is 43.7 Å². The van der Waals surface area contributed by atoms with Crippen LogP contribution < -0.4 is 4.90 Å². The van der Waals surface area contributed by atoms with Gasteiger partial charge in [0.15, 0.2) is 0 Å². The molecule has 0 aliphatic heterocycles. The molecule has 0 heterocycles. The highest BCUT2D eigenvalue weighted by molar-refractivity contribution is 9.10. The third kappa shape index (κ3) is 3.30. The monoisotopic (exact) mass is 327 g/mol. The third-order valence-electron chi connectivity index (χ3n) is 4.01.